The fourth-order valence-corrected chi connectivity index (χ4v) is 3.23. The van der Waals surface area contributed by atoms with E-state index in [9.17, 15) is 9.18 Å². The number of carbonyl (C=O) groups excluding carboxylic acids is 1. The number of hydrogen-bond acceptors (Lipinski definition) is 5. The maximum absolute atomic E-state index is 13.4. The molecule has 0 radical (unpaired) electrons. The fraction of sp³-hybridized carbons (Fsp3) is 0.500. The summed E-state index contributed by atoms with van der Waals surface area (Å²) in [5, 5.41) is 6.80. The molecule has 3 N–H and O–H groups in total. The van der Waals surface area contributed by atoms with Gasteiger partial charge in [0.15, 0.2) is 0 Å². The van der Waals surface area contributed by atoms with Crippen LogP contribution in [-0.4, -0.2) is 22.1 Å². The third-order valence-electron chi connectivity index (χ3n) is 4.77. The molecule has 0 bridgehead atoms. The monoisotopic (exact) mass is 382 g/mol. The predicted molar refractivity (Wildman–Crippen MR) is 98.2 cm³/mol. The second-order valence-corrected chi connectivity index (χ2v) is 6.77. The van der Waals surface area contributed by atoms with Crippen molar-refractivity contribution in [2.75, 3.05) is 0 Å². The van der Waals surface area contributed by atoms with Crippen molar-refractivity contribution in [2.24, 2.45) is 11.7 Å². The van der Waals surface area contributed by atoms with Crippen molar-refractivity contribution < 1.29 is 13.7 Å². The summed E-state index contributed by atoms with van der Waals surface area (Å²) < 4.78 is 18.6. The number of amides is 1. The summed E-state index contributed by atoms with van der Waals surface area (Å²) in [5.74, 6) is 0.594. The molecule has 1 aliphatic rings. The van der Waals surface area contributed by atoms with Crippen molar-refractivity contribution in [2.45, 2.75) is 51.6 Å². The van der Waals surface area contributed by atoms with Gasteiger partial charge in [0, 0.05) is 18.0 Å². The van der Waals surface area contributed by atoms with Crippen LogP contribution in [0.3, 0.4) is 0 Å². The quantitative estimate of drug-likeness (QED) is 0.827. The van der Waals surface area contributed by atoms with Gasteiger partial charge in [-0.1, -0.05) is 11.6 Å². The zero-order valence-corrected chi connectivity index (χ0v) is 15.7. The van der Waals surface area contributed by atoms with Crippen LogP contribution in [0.2, 0.25) is 0 Å². The molecule has 1 aromatic carbocycles. The molecule has 6 nitrogen and oxygen atoms in total. The van der Waals surface area contributed by atoms with Crippen molar-refractivity contribution in [3.63, 3.8) is 0 Å². The van der Waals surface area contributed by atoms with Gasteiger partial charge in [0.25, 0.3) is 0 Å². The van der Waals surface area contributed by atoms with Gasteiger partial charge in [0.05, 0.1) is 0 Å². The van der Waals surface area contributed by atoms with Crippen molar-refractivity contribution in [3.8, 4) is 11.4 Å². The highest BCUT2D eigenvalue weighted by Gasteiger charge is 2.27. The Morgan fingerprint density at radius 1 is 1.46 bits per heavy atom. The Balaban J connectivity index is 0.00000243. The van der Waals surface area contributed by atoms with E-state index in [1.165, 1.54) is 6.07 Å². The van der Waals surface area contributed by atoms with Gasteiger partial charge in [-0.05, 0) is 56.4 Å². The van der Waals surface area contributed by atoms with E-state index in [-0.39, 0.29) is 36.1 Å². The molecule has 1 unspecified atom stereocenters. The summed E-state index contributed by atoms with van der Waals surface area (Å²) in [6, 6.07) is 4.35. The molecule has 1 amide bonds. The van der Waals surface area contributed by atoms with Crippen LogP contribution in [-0.2, 0) is 4.79 Å². The number of carbonyl (C=O) groups is 1. The Morgan fingerprint density at radius 3 is 2.88 bits per heavy atom. The van der Waals surface area contributed by atoms with Crippen LogP contribution in [0, 0.1) is 18.7 Å². The number of aromatic nitrogens is 2. The van der Waals surface area contributed by atoms with E-state index < -0.39 is 6.04 Å². The van der Waals surface area contributed by atoms with Crippen LogP contribution < -0.4 is 11.1 Å². The maximum atomic E-state index is 13.4. The first-order valence-corrected chi connectivity index (χ1v) is 8.59. The van der Waals surface area contributed by atoms with Crippen LogP contribution in [0.15, 0.2) is 22.7 Å². The van der Waals surface area contributed by atoms with E-state index in [1.807, 2.05) is 0 Å². The molecule has 0 spiro atoms. The second-order valence-electron chi connectivity index (χ2n) is 6.77. The minimum Gasteiger partial charge on any atom is -0.345 e. The molecule has 0 saturated heterocycles. The molecule has 1 aliphatic carbocycles. The van der Waals surface area contributed by atoms with Gasteiger partial charge < -0.3 is 15.6 Å². The van der Waals surface area contributed by atoms with Gasteiger partial charge in [0.1, 0.15) is 11.9 Å². The number of nitrogens with zero attached hydrogens (tertiary/aromatic N) is 2. The molecule has 1 fully saturated rings. The van der Waals surface area contributed by atoms with Gasteiger partial charge in [0.2, 0.25) is 17.6 Å². The first-order chi connectivity index (χ1) is 11.9. The van der Waals surface area contributed by atoms with Crippen molar-refractivity contribution >= 4 is 18.3 Å². The van der Waals surface area contributed by atoms with E-state index in [1.54, 1.807) is 26.0 Å². The van der Waals surface area contributed by atoms with Gasteiger partial charge in [-0.3, -0.25) is 4.79 Å². The summed E-state index contributed by atoms with van der Waals surface area (Å²) in [6.45, 7) is 3.47. The maximum Gasteiger partial charge on any atom is 0.249 e. The summed E-state index contributed by atoms with van der Waals surface area (Å²) in [4.78, 5) is 16.5. The standard InChI is InChI=1S/C18H23FN4O2.ClH/c1-10-8-13(6-7-14(10)19)17-22-18(25-23-17)11(2)21-16(24)9-12-4-3-5-15(12)20;/h6-8,11-12,15H,3-5,9,20H2,1-2H3,(H,21,24);1H/t11?,12-,15+;/m0./s1. The minimum atomic E-state index is -0.395. The fourth-order valence-electron chi connectivity index (χ4n) is 3.23. The lowest BCUT2D eigenvalue weighted by Gasteiger charge is -2.16. The Hall–Kier alpha value is -1.99. The smallest absolute Gasteiger partial charge is 0.249 e. The summed E-state index contributed by atoms with van der Waals surface area (Å²) in [6.07, 6.45) is 3.48. The molecule has 1 heterocycles. The largest absolute Gasteiger partial charge is 0.345 e. The average molecular weight is 383 g/mol. The molecule has 3 atom stereocenters. The molecule has 3 rings (SSSR count). The van der Waals surface area contributed by atoms with Gasteiger partial charge in [-0.2, -0.15) is 4.98 Å². The molecular formula is C18H24ClFN4O2. The molecule has 2 aromatic rings. The average Bonchev–Trinajstić information content (AvgIpc) is 3.20. The van der Waals surface area contributed by atoms with Gasteiger partial charge in [-0.15, -0.1) is 12.4 Å². The van der Waals surface area contributed by atoms with Crippen LogP contribution in [0.25, 0.3) is 11.4 Å². The van der Waals surface area contributed by atoms with E-state index in [4.69, 9.17) is 10.3 Å². The number of nitrogens with two attached hydrogens (primary N) is 1. The van der Waals surface area contributed by atoms with Crippen LogP contribution >= 0.6 is 12.4 Å². The first-order valence-electron chi connectivity index (χ1n) is 8.59. The summed E-state index contributed by atoms with van der Waals surface area (Å²) in [5.41, 5.74) is 7.20. The lowest BCUT2D eigenvalue weighted by Crippen LogP contribution is -2.33. The lowest BCUT2D eigenvalue weighted by molar-refractivity contribution is -0.122. The molecule has 1 saturated carbocycles. The van der Waals surface area contributed by atoms with Crippen LogP contribution in [0.4, 0.5) is 4.39 Å². The SMILES string of the molecule is Cc1cc(-c2noc(C(C)NC(=O)C[C@@H]3CCC[C@H]3N)n2)ccc1F.Cl. The van der Waals surface area contributed by atoms with E-state index in [0.29, 0.717) is 29.3 Å². The van der Waals surface area contributed by atoms with Crippen LogP contribution in [0.1, 0.15) is 50.1 Å². The Labute approximate surface area is 158 Å². The van der Waals surface area contributed by atoms with Crippen molar-refractivity contribution in [1.29, 1.82) is 0 Å². The van der Waals surface area contributed by atoms with Crippen molar-refractivity contribution in [3.05, 3.63) is 35.5 Å². The van der Waals surface area contributed by atoms with Gasteiger partial charge in [-0.25, -0.2) is 4.39 Å². The molecule has 0 aliphatic heterocycles. The lowest BCUT2D eigenvalue weighted by atomic mass is 10.00. The van der Waals surface area contributed by atoms with E-state index in [2.05, 4.69) is 15.5 Å². The van der Waals surface area contributed by atoms with E-state index in [0.717, 1.165) is 19.3 Å². The Morgan fingerprint density at radius 2 is 2.23 bits per heavy atom. The number of benzene rings is 1. The second kappa shape index (κ2) is 8.60. The zero-order valence-electron chi connectivity index (χ0n) is 14.9. The summed E-state index contributed by atoms with van der Waals surface area (Å²) in [7, 11) is 0. The molecule has 8 heteroatoms. The number of halogens is 2. The highest BCUT2D eigenvalue weighted by molar-refractivity contribution is 5.85. The van der Waals surface area contributed by atoms with Crippen molar-refractivity contribution in [1.82, 2.24) is 15.5 Å². The van der Waals surface area contributed by atoms with E-state index >= 15 is 0 Å². The first kappa shape index (κ1) is 20.3. The molecular weight excluding hydrogens is 359 g/mol. The molecule has 26 heavy (non-hydrogen) atoms. The minimum absolute atomic E-state index is 0. The zero-order chi connectivity index (χ0) is 18.0. The Bertz CT molecular complexity index is 767. The molecule has 1 aromatic heterocycles. The number of hydrogen-bond donors (Lipinski definition) is 2. The third kappa shape index (κ3) is 4.59. The molecule has 142 valence electrons. The highest BCUT2D eigenvalue weighted by Crippen LogP contribution is 2.27. The topological polar surface area (TPSA) is 94.0 Å². The third-order valence-corrected chi connectivity index (χ3v) is 4.77. The number of nitrogens with one attached hydrogen (secondary N) is 1. The number of aryl methyl sites for hydroxylation is 1. The van der Waals surface area contributed by atoms with Crippen LogP contribution in [0.5, 0.6) is 0 Å². The normalized spacial score (nSPS) is 20.5. The number of rotatable bonds is 5. The highest BCUT2D eigenvalue weighted by atomic mass is 35.5. The predicted octanol–water partition coefficient (Wildman–Crippen LogP) is 3.30. The Kier molecular flexibility index (Phi) is 6.72. The summed E-state index contributed by atoms with van der Waals surface area (Å²) >= 11 is 0. The van der Waals surface area contributed by atoms with Gasteiger partial charge >= 0.3 is 0 Å².